The van der Waals surface area contributed by atoms with Gasteiger partial charge in [0, 0.05) is 18.6 Å². The Balaban J connectivity index is 2.65. The molecule has 23 heavy (non-hydrogen) atoms. The number of rotatable bonds is 11. The molecule has 1 aliphatic carbocycles. The van der Waals surface area contributed by atoms with Gasteiger partial charge in [0.15, 0.2) is 5.78 Å². The first-order chi connectivity index (χ1) is 11.1. The van der Waals surface area contributed by atoms with Crippen molar-refractivity contribution in [2.24, 2.45) is 11.1 Å². The van der Waals surface area contributed by atoms with Crippen LogP contribution in [0.4, 0.5) is 0 Å². The SMILES string of the molecule is CCCC(=NOCC)C1=C(O)CC(CCCSOCC)CC1=O. The molecule has 132 valence electrons. The van der Waals surface area contributed by atoms with Gasteiger partial charge in [-0.15, -0.1) is 0 Å². The zero-order chi connectivity index (χ0) is 17.1. The summed E-state index contributed by atoms with van der Waals surface area (Å²) >= 11 is 1.47. The van der Waals surface area contributed by atoms with Crippen LogP contribution in [0.25, 0.3) is 0 Å². The van der Waals surface area contributed by atoms with Gasteiger partial charge in [0.2, 0.25) is 0 Å². The molecule has 0 radical (unpaired) electrons. The highest BCUT2D eigenvalue weighted by atomic mass is 32.2. The van der Waals surface area contributed by atoms with Crippen LogP contribution in [0.3, 0.4) is 0 Å². The summed E-state index contributed by atoms with van der Waals surface area (Å²) in [6, 6.07) is 0. The Morgan fingerprint density at radius 2 is 2.09 bits per heavy atom. The van der Waals surface area contributed by atoms with Gasteiger partial charge in [-0.3, -0.25) is 4.79 Å². The summed E-state index contributed by atoms with van der Waals surface area (Å²) in [4.78, 5) is 17.5. The van der Waals surface area contributed by atoms with E-state index in [1.54, 1.807) is 0 Å². The molecular weight excluding hydrogens is 314 g/mol. The van der Waals surface area contributed by atoms with Gasteiger partial charge in [0.1, 0.15) is 12.4 Å². The van der Waals surface area contributed by atoms with Crippen molar-refractivity contribution in [3.8, 4) is 0 Å². The van der Waals surface area contributed by atoms with Crippen molar-refractivity contribution in [2.45, 2.75) is 59.3 Å². The number of hydrogen-bond donors (Lipinski definition) is 1. The van der Waals surface area contributed by atoms with Gasteiger partial charge in [0.25, 0.3) is 0 Å². The maximum absolute atomic E-state index is 12.4. The van der Waals surface area contributed by atoms with Gasteiger partial charge < -0.3 is 14.1 Å². The lowest BCUT2D eigenvalue weighted by Gasteiger charge is -2.23. The minimum absolute atomic E-state index is 0.0110. The molecule has 5 nitrogen and oxygen atoms in total. The highest BCUT2D eigenvalue weighted by Crippen LogP contribution is 2.31. The van der Waals surface area contributed by atoms with Crippen LogP contribution in [-0.4, -0.2) is 35.6 Å². The number of Topliss-reactive ketones (excluding diaryl/α,β-unsaturated/α-hetero) is 1. The molecule has 1 rings (SSSR count). The summed E-state index contributed by atoms with van der Waals surface area (Å²) in [5, 5.41) is 14.4. The van der Waals surface area contributed by atoms with Crippen molar-refractivity contribution in [1.29, 1.82) is 0 Å². The first-order valence-electron chi connectivity index (χ1n) is 8.52. The molecule has 0 aromatic carbocycles. The minimum Gasteiger partial charge on any atom is -0.511 e. The number of aliphatic hydroxyl groups excluding tert-OH is 1. The standard InChI is InChI=1S/C17H29NO4S/c1-4-8-14(18-21-5-2)17-15(19)11-13(12-16(17)20)9-7-10-23-22-6-3/h13,19H,4-12H2,1-3H3. The molecule has 0 aromatic heterocycles. The Morgan fingerprint density at radius 3 is 2.70 bits per heavy atom. The Kier molecular flexibility index (Phi) is 10.0. The summed E-state index contributed by atoms with van der Waals surface area (Å²) in [5.74, 6) is 1.30. The molecule has 0 fully saturated rings. The van der Waals surface area contributed by atoms with Crippen molar-refractivity contribution in [2.75, 3.05) is 19.0 Å². The van der Waals surface area contributed by atoms with E-state index in [9.17, 15) is 9.90 Å². The number of carbonyl (C=O) groups excluding carboxylic acids is 1. The third-order valence-electron chi connectivity index (χ3n) is 3.64. The van der Waals surface area contributed by atoms with Crippen LogP contribution < -0.4 is 0 Å². The minimum atomic E-state index is -0.0110. The number of carbonyl (C=O) groups is 1. The van der Waals surface area contributed by atoms with E-state index in [2.05, 4.69) is 5.16 Å². The Labute approximate surface area is 143 Å². The van der Waals surface area contributed by atoms with E-state index in [-0.39, 0.29) is 17.5 Å². The zero-order valence-electron chi connectivity index (χ0n) is 14.5. The fraction of sp³-hybridized carbons (Fsp3) is 0.765. The van der Waals surface area contributed by atoms with E-state index < -0.39 is 0 Å². The van der Waals surface area contributed by atoms with Crippen LogP contribution in [0, 0.1) is 5.92 Å². The quantitative estimate of drug-likeness (QED) is 0.260. The van der Waals surface area contributed by atoms with Crippen LogP contribution in [0.5, 0.6) is 0 Å². The van der Waals surface area contributed by atoms with Crippen molar-refractivity contribution in [1.82, 2.24) is 0 Å². The molecule has 0 saturated carbocycles. The molecule has 1 N–H and O–H groups in total. The maximum Gasteiger partial charge on any atom is 0.168 e. The molecular formula is C17H29NO4S. The second-order valence-corrected chi connectivity index (χ2v) is 6.48. The van der Waals surface area contributed by atoms with E-state index in [0.717, 1.165) is 25.0 Å². The zero-order valence-corrected chi connectivity index (χ0v) is 15.3. The summed E-state index contributed by atoms with van der Waals surface area (Å²) in [5.41, 5.74) is 0.974. The average Bonchev–Trinajstić information content (AvgIpc) is 2.51. The monoisotopic (exact) mass is 343 g/mol. The number of allylic oxidation sites excluding steroid dienone is 2. The van der Waals surface area contributed by atoms with Crippen LogP contribution in [0.2, 0.25) is 0 Å². The summed E-state index contributed by atoms with van der Waals surface area (Å²) < 4.78 is 5.24. The van der Waals surface area contributed by atoms with Gasteiger partial charge in [-0.25, -0.2) is 0 Å². The molecule has 0 heterocycles. The molecule has 0 saturated heterocycles. The van der Waals surface area contributed by atoms with E-state index in [1.165, 1.54) is 12.0 Å². The third kappa shape index (κ3) is 6.96. The molecule has 1 aliphatic rings. The third-order valence-corrected chi connectivity index (χ3v) is 4.50. The second-order valence-electron chi connectivity index (χ2n) is 5.60. The first kappa shape index (κ1) is 20.0. The van der Waals surface area contributed by atoms with E-state index in [1.807, 2.05) is 20.8 Å². The highest BCUT2D eigenvalue weighted by Gasteiger charge is 2.30. The predicted octanol–water partition coefficient (Wildman–Crippen LogP) is 4.44. The number of oxime groups is 1. The smallest absolute Gasteiger partial charge is 0.168 e. The Hall–Kier alpha value is -1.01. The van der Waals surface area contributed by atoms with Crippen molar-refractivity contribution < 1.29 is 18.9 Å². The summed E-state index contributed by atoms with van der Waals surface area (Å²) in [6.45, 7) is 6.99. The molecule has 1 atom stereocenters. The van der Waals surface area contributed by atoms with Gasteiger partial charge in [0.05, 0.1) is 17.9 Å². The van der Waals surface area contributed by atoms with E-state index in [4.69, 9.17) is 9.02 Å². The normalized spacial score (nSPS) is 19.3. The average molecular weight is 343 g/mol. The lowest BCUT2D eigenvalue weighted by Crippen LogP contribution is -2.25. The van der Waals surface area contributed by atoms with Crippen molar-refractivity contribution in [3.05, 3.63) is 11.3 Å². The van der Waals surface area contributed by atoms with Crippen molar-refractivity contribution >= 4 is 23.5 Å². The molecule has 0 bridgehead atoms. The number of nitrogens with zero attached hydrogens (tertiary/aromatic N) is 1. The lowest BCUT2D eigenvalue weighted by molar-refractivity contribution is -0.116. The van der Waals surface area contributed by atoms with E-state index in [0.29, 0.717) is 43.8 Å². The van der Waals surface area contributed by atoms with Crippen molar-refractivity contribution in [3.63, 3.8) is 0 Å². The Bertz CT molecular complexity index is 434. The lowest BCUT2D eigenvalue weighted by atomic mass is 9.82. The molecule has 1 unspecified atom stereocenters. The Morgan fingerprint density at radius 1 is 1.30 bits per heavy atom. The highest BCUT2D eigenvalue weighted by molar-refractivity contribution is 7.94. The molecule has 0 aliphatic heterocycles. The molecule has 6 heteroatoms. The fourth-order valence-electron chi connectivity index (χ4n) is 2.67. The van der Waals surface area contributed by atoms with Gasteiger partial charge in [-0.2, -0.15) is 0 Å². The van der Waals surface area contributed by atoms with Gasteiger partial charge in [-0.1, -0.05) is 18.5 Å². The fourth-order valence-corrected chi connectivity index (χ4v) is 3.24. The van der Waals surface area contributed by atoms with Gasteiger partial charge in [-0.05, 0) is 51.1 Å². The van der Waals surface area contributed by atoms with E-state index >= 15 is 0 Å². The van der Waals surface area contributed by atoms with Gasteiger partial charge >= 0.3 is 0 Å². The van der Waals surface area contributed by atoms with Crippen LogP contribution in [0.1, 0.15) is 59.3 Å². The summed E-state index contributed by atoms with van der Waals surface area (Å²) in [7, 11) is 0. The molecule has 0 spiro atoms. The number of aliphatic hydroxyl groups is 1. The first-order valence-corrected chi connectivity index (χ1v) is 9.43. The predicted molar refractivity (Wildman–Crippen MR) is 94.7 cm³/mol. The number of hydrogen-bond acceptors (Lipinski definition) is 6. The van der Waals surface area contributed by atoms with Crippen LogP contribution in [-0.2, 0) is 13.8 Å². The molecule has 0 amide bonds. The topological polar surface area (TPSA) is 68.1 Å². The summed E-state index contributed by atoms with van der Waals surface area (Å²) in [6.07, 6.45) is 4.44. The number of ketones is 1. The van der Waals surface area contributed by atoms with Crippen LogP contribution in [0.15, 0.2) is 16.5 Å². The molecule has 0 aromatic rings. The second kappa shape index (κ2) is 11.5. The van der Waals surface area contributed by atoms with Crippen LogP contribution >= 0.6 is 12.0 Å². The maximum atomic E-state index is 12.4. The largest absolute Gasteiger partial charge is 0.511 e.